The van der Waals surface area contributed by atoms with Crippen molar-refractivity contribution < 1.29 is 19.1 Å². The Balaban J connectivity index is 1.58. The standard InChI is InChI=1S/C20H21N3O4/c1-2-27-17(24)15-3-5-16(6-4-15)23-19(26)20(9-10-20)18(25)22-13-14-7-11-21-12-8-14/h3-8,11-12H,2,9-10,13H2,1H3,(H,22,25)(H,23,26). The van der Waals surface area contributed by atoms with E-state index in [1.165, 1.54) is 0 Å². The number of hydrogen-bond acceptors (Lipinski definition) is 5. The molecule has 2 aromatic rings. The van der Waals surface area contributed by atoms with Crippen LogP contribution in [0.15, 0.2) is 48.8 Å². The minimum absolute atomic E-state index is 0.278. The third-order valence-electron chi connectivity index (χ3n) is 4.48. The molecule has 1 saturated carbocycles. The number of pyridine rings is 1. The highest BCUT2D eigenvalue weighted by atomic mass is 16.5. The zero-order chi connectivity index (χ0) is 19.3. The van der Waals surface area contributed by atoms with Crippen molar-refractivity contribution in [2.24, 2.45) is 5.41 Å². The highest BCUT2D eigenvalue weighted by molar-refractivity contribution is 6.13. The molecule has 1 aromatic heterocycles. The first-order chi connectivity index (χ1) is 13.0. The molecule has 1 aliphatic carbocycles. The molecule has 2 N–H and O–H groups in total. The van der Waals surface area contributed by atoms with E-state index in [0.29, 0.717) is 37.2 Å². The van der Waals surface area contributed by atoms with Gasteiger partial charge in [0.25, 0.3) is 0 Å². The van der Waals surface area contributed by atoms with Crippen molar-refractivity contribution in [3.05, 3.63) is 59.9 Å². The van der Waals surface area contributed by atoms with Gasteiger partial charge in [-0.15, -0.1) is 0 Å². The van der Waals surface area contributed by atoms with Crippen LogP contribution in [0.2, 0.25) is 0 Å². The highest BCUT2D eigenvalue weighted by Gasteiger charge is 2.56. The highest BCUT2D eigenvalue weighted by Crippen LogP contribution is 2.46. The Hall–Kier alpha value is -3.22. The summed E-state index contributed by atoms with van der Waals surface area (Å²) in [6.07, 6.45) is 4.34. The number of rotatable bonds is 7. The van der Waals surface area contributed by atoms with Crippen LogP contribution in [0.1, 0.15) is 35.7 Å². The maximum Gasteiger partial charge on any atom is 0.338 e. The quantitative estimate of drug-likeness (QED) is 0.578. The molecule has 0 saturated heterocycles. The maximum absolute atomic E-state index is 12.6. The number of hydrogen-bond donors (Lipinski definition) is 2. The zero-order valence-corrected chi connectivity index (χ0v) is 15.0. The number of amides is 2. The second kappa shape index (κ2) is 7.99. The van der Waals surface area contributed by atoms with Crippen LogP contribution in [0.25, 0.3) is 0 Å². The van der Waals surface area contributed by atoms with Gasteiger partial charge in [0.1, 0.15) is 5.41 Å². The predicted octanol–water partition coefficient (Wildman–Crippen LogP) is 2.29. The number of anilines is 1. The number of ether oxygens (including phenoxy) is 1. The molecule has 0 radical (unpaired) electrons. The summed E-state index contributed by atoms with van der Waals surface area (Å²) in [6, 6.07) is 10.0. The first-order valence-electron chi connectivity index (χ1n) is 8.81. The van der Waals surface area contributed by atoms with Crippen LogP contribution >= 0.6 is 0 Å². The van der Waals surface area contributed by atoms with Crippen LogP contribution in [0, 0.1) is 5.41 Å². The smallest absolute Gasteiger partial charge is 0.338 e. The number of esters is 1. The van der Waals surface area contributed by atoms with Gasteiger partial charge in [0.05, 0.1) is 12.2 Å². The van der Waals surface area contributed by atoms with Crippen LogP contribution in [0.3, 0.4) is 0 Å². The molecule has 0 unspecified atom stereocenters. The van der Waals surface area contributed by atoms with Crippen LogP contribution in [-0.2, 0) is 20.9 Å². The third-order valence-corrected chi connectivity index (χ3v) is 4.48. The number of nitrogens with zero attached hydrogens (tertiary/aromatic N) is 1. The molecule has 0 aliphatic heterocycles. The molecular weight excluding hydrogens is 346 g/mol. The molecule has 1 heterocycles. The van der Waals surface area contributed by atoms with Gasteiger partial charge in [0.15, 0.2) is 0 Å². The number of benzene rings is 1. The average Bonchev–Trinajstić information content (AvgIpc) is 3.50. The van der Waals surface area contributed by atoms with E-state index in [2.05, 4.69) is 15.6 Å². The molecule has 1 fully saturated rings. The molecule has 7 nitrogen and oxygen atoms in total. The van der Waals surface area contributed by atoms with Gasteiger partial charge in [-0.2, -0.15) is 0 Å². The largest absolute Gasteiger partial charge is 0.462 e. The fourth-order valence-corrected chi connectivity index (χ4v) is 2.69. The molecule has 1 aliphatic rings. The van der Waals surface area contributed by atoms with Crippen molar-refractivity contribution in [3.8, 4) is 0 Å². The van der Waals surface area contributed by atoms with E-state index < -0.39 is 11.4 Å². The lowest BCUT2D eigenvalue weighted by atomic mass is 10.0. The van der Waals surface area contributed by atoms with E-state index in [-0.39, 0.29) is 11.8 Å². The summed E-state index contributed by atoms with van der Waals surface area (Å²) in [5.41, 5.74) is 0.837. The molecular formula is C20H21N3O4. The van der Waals surface area contributed by atoms with E-state index in [4.69, 9.17) is 4.74 Å². The molecule has 1 aromatic carbocycles. The lowest BCUT2D eigenvalue weighted by Crippen LogP contribution is -2.39. The van der Waals surface area contributed by atoms with Crippen LogP contribution in [0.4, 0.5) is 5.69 Å². The van der Waals surface area contributed by atoms with E-state index in [1.807, 2.05) is 12.1 Å². The summed E-state index contributed by atoms with van der Waals surface area (Å²) in [4.78, 5) is 40.7. The molecule has 7 heteroatoms. The van der Waals surface area contributed by atoms with Crippen molar-refractivity contribution in [2.75, 3.05) is 11.9 Å². The molecule has 0 bridgehead atoms. The maximum atomic E-state index is 12.6. The summed E-state index contributed by atoms with van der Waals surface area (Å²) < 4.78 is 4.92. The van der Waals surface area contributed by atoms with Crippen LogP contribution in [0.5, 0.6) is 0 Å². The predicted molar refractivity (Wildman–Crippen MR) is 98.8 cm³/mol. The van der Waals surface area contributed by atoms with Gasteiger partial charge < -0.3 is 15.4 Å². The van der Waals surface area contributed by atoms with Gasteiger partial charge >= 0.3 is 5.97 Å². The lowest BCUT2D eigenvalue weighted by molar-refractivity contribution is -0.134. The van der Waals surface area contributed by atoms with E-state index >= 15 is 0 Å². The minimum atomic E-state index is -1.02. The normalized spacial score (nSPS) is 14.1. The SMILES string of the molecule is CCOC(=O)c1ccc(NC(=O)C2(C(=O)NCc3ccncc3)CC2)cc1. The van der Waals surface area contributed by atoms with Crippen molar-refractivity contribution in [3.63, 3.8) is 0 Å². The van der Waals surface area contributed by atoms with Gasteiger partial charge in [0.2, 0.25) is 11.8 Å². The summed E-state index contributed by atoms with van der Waals surface area (Å²) in [5, 5.41) is 5.58. The van der Waals surface area contributed by atoms with Crippen molar-refractivity contribution in [2.45, 2.75) is 26.3 Å². The summed E-state index contributed by atoms with van der Waals surface area (Å²) in [7, 11) is 0. The Kier molecular flexibility index (Phi) is 5.49. The summed E-state index contributed by atoms with van der Waals surface area (Å²) in [6.45, 7) is 2.39. The van der Waals surface area contributed by atoms with Gasteiger partial charge in [-0.25, -0.2) is 4.79 Å². The van der Waals surface area contributed by atoms with Gasteiger partial charge in [-0.05, 0) is 61.7 Å². The van der Waals surface area contributed by atoms with E-state index in [0.717, 1.165) is 5.56 Å². The van der Waals surface area contributed by atoms with Crippen molar-refractivity contribution in [1.82, 2.24) is 10.3 Å². The van der Waals surface area contributed by atoms with E-state index in [1.54, 1.807) is 43.6 Å². The molecule has 140 valence electrons. The van der Waals surface area contributed by atoms with Crippen molar-refractivity contribution in [1.29, 1.82) is 0 Å². The second-order valence-electron chi connectivity index (χ2n) is 6.37. The summed E-state index contributed by atoms with van der Waals surface area (Å²) in [5.74, 6) is -1.02. The topological polar surface area (TPSA) is 97.4 Å². The molecule has 3 rings (SSSR count). The number of aromatic nitrogens is 1. The number of nitrogens with one attached hydrogen (secondary N) is 2. The van der Waals surface area contributed by atoms with Crippen molar-refractivity contribution >= 4 is 23.5 Å². The van der Waals surface area contributed by atoms with Gasteiger partial charge in [-0.3, -0.25) is 14.6 Å². The fraction of sp³-hybridized carbons (Fsp3) is 0.300. The Labute approximate surface area is 157 Å². The Morgan fingerprint density at radius 1 is 1.04 bits per heavy atom. The molecule has 0 spiro atoms. The molecule has 2 amide bonds. The van der Waals surface area contributed by atoms with Crippen LogP contribution < -0.4 is 10.6 Å². The average molecular weight is 367 g/mol. The van der Waals surface area contributed by atoms with Crippen LogP contribution in [-0.4, -0.2) is 29.4 Å². The monoisotopic (exact) mass is 367 g/mol. The second-order valence-corrected chi connectivity index (χ2v) is 6.37. The van der Waals surface area contributed by atoms with Gasteiger partial charge in [0, 0.05) is 24.6 Å². The Morgan fingerprint density at radius 2 is 1.70 bits per heavy atom. The Bertz CT molecular complexity index is 830. The fourth-order valence-electron chi connectivity index (χ4n) is 2.69. The van der Waals surface area contributed by atoms with Gasteiger partial charge in [-0.1, -0.05) is 0 Å². The Morgan fingerprint density at radius 3 is 2.30 bits per heavy atom. The van der Waals surface area contributed by atoms with E-state index in [9.17, 15) is 14.4 Å². The first kappa shape index (κ1) is 18.6. The molecule has 27 heavy (non-hydrogen) atoms. The third kappa shape index (κ3) is 4.31. The number of carbonyl (C=O) groups excluding carboxylic acids is 3. The summed E-state index contributed by atoms with van der Waals surface area (Å²) >= 11 is 0. The lowest BCUT2D eigenvalue weighted by Gasteiger charge is -2.15. The first-order valence-corrected chi connectivity index (χ1v) is 8.81. The zero-order valence-electron chi connectivity index (χ0n) is 15.0. The minimum Gasteiger partial charge on any atom is -0.462 e. The molecule has 0 atom stereocenters. The number of carbonyl (C=O) groups is 3.